The first-order valence-electron chi connectivity index (χ1n) is 6.38. The van der Waals surface area contributed by atoms with E-state index in [0.29, 0.717) is 24.5 Å². The topological polar surface area (TPSA) is 91.3 Å². The number of hydrogen-bond donors (Lipinski definition) is 3. The van der Waals surface area contributed by atoms with Gasteiger partial charge in [-0.25, -0.2) is 9.78 Å². The second kappa shape index (κ2) is 5.69. The van der Waals surface area contributed by atoms with Crippen LogP contribution in [0.3, 0.4) is 0 Å². The van der Waals surface area contributed by atoms with Crippen molar-refractivity contribution < 1.29 is 14.7 Å². The summed E-state index contributed by atoms with van der Waals surface area (Å²) in [5.41, 5.74) is 0.879. The van der Waals surface area contributed by atoms with Crippen LogP contribution in [-0.4, -0.2) is 34.6 Å². The van der Waals surface area contributed by atoms with Crippen LogP contribution in [0.4, 0.5) is 5.82 Å². The maximum Gasteiger partial charge on any atom is 0.335 e. The maximum absolute atomic E-state index is 11.7. The van der Waals surface area contributed by atoms with Crippen LogP contribution in [-0.2, 0) is 11.2 Å². The summed E-state index contributed by atoms with van der Waals surface area (Å²) >= 11 is 0. The summed E-state index contributed by atoms with van der Waals surface area (Å²) in [6.07, 6.45) is 2.28. The lowest BCUT2D eigenvalue weighted by atomic mass is 10.1. The van der Waals surface area contributed by atoms with E-state index in [4.69, 9.17) is 5.11 Å². The monoisotopic (exact) mass is 263 g/mol. The van der Waals surface area contributed by atoms with Gasteiger partial charge in [-0.05, 0) is 31.4 Å². The van der Waals surface area contributed by atoms with Crippen molar-refractivity contribution in [3.8, 4) is 0 Å². The number of anilines is 1. The molecule has 1 saturated heterocycles. The van der Waals surface area contributed by atoms with Crippen molar-refractivity contribution in [3.63, 3.8) is 0 Å². The second-order valence-electron chi connectivity index (χ2n) is 4.52. The minimum atomic E-state index is -0.992. The van der Waals surface area contributed by atoms with Crippen LogP contribution in [0.1, 0.15) is 35.8 Å². The standard InChI is InChI=1S/C13H17N3O3/c1-2-9-6-8(13(18)19)7-11(15-9)16-10-4-3-5-14-12(10)17/h6-7,10H,2-5H2,1H3,(H,14,17)(H,15,16)(H,18,19). The SMILES string of the molecule is CCc1cc(C(=O)O)cc(NC2CCCNC2=O)n1. The Labute approximate surface area is 111 Å². The van der Waals surface area contributed by atoms with Gasteiger partial charge in [0.15, 0.2) is 0 Å². The molecule has 102 valence electrons. The highest BCUT2D eigenvalue weighted by Crippen LogP contribution is 2.15. The molecule has 0 saturated carbocycles. The largest absolute Gasteiger partial charge is 0.478 e. The summed E-state index contributed by atoms with van der Waals surface area (Å²) in [5, 5.41) is 14.8. The molecular formula is C13H17N3O3. The molecule has 0 bridgehead atoms. The zero-order valence-electron chi connectivity index (χ0n) is 10.8. The van der Waals surface area contributed by atoms with E-state index in [1.807, 2.05) is 6.92 Å². The highest BCUT2D eigenvalue weighted by molar-refractivity contribution is 5.89. The number of rotatable bonds is 4. The average molecular weight is 263 g/mol. The van der Waals surface area contributed by atoms with E-state index in [9.17, 15) is 9.59 Å². The fraction of sp³-hybridized carbons (Fsp3) is 0.462. The molecule has 1 aromatic heterocycles. The minimum absolute atomic E-state index is 0.0631. The molecule has 0 aliphatic carbocycles. The summed E-state index contributed by atoms with van der Waals surface area (Å²) in [7, 11) is 0. The predicted molar refractivity (Wildman–Crippen MR) is 70.2 cm³/mol. The predicted octanol–water partition coefficient (Wildman–Crippen LogP) is 1.03. The van der Waals surface area contributed by atoms with E-state index in [0.717, 1.165) is 12.8 Å². The first-order chi connectivity index (χ1) is 9.10. The number of nitrogens with one attached hydrogen (secondary N) is 2. The molecule has 1 aliphatic rings. The van der Waals surface area contributed by atoms with Crippen molar-refractivity contribution in [1.82, 2.24) is 10.3 Å². The van der Waals surface area contributed by atoms with Crippen LogP contribution < -0.4 is 10.6 Å². The molecule has 6 heteroatoms. The minimum Gasteiger partial charge on any atom is -0.478 e. The van der Waals surface area contributed by atoms with E-state index in [1.54, 1.807) is 6.07 Å². The van der Waals surface area contributed by atoms with E-state index in [2.05, 4.69) is 15.6 Å². The normalized spacial score (nSPS) is 18.8. The summed E-state index contributed by atoms with van der Waals surface area (Å²) in [4.78, 5) is 27.0. The number of carbonyl (C=O) groups excluding carboxylic acids is 1. The van der Waals surface area contributed by atoms with Gasteiger partial charge in [0.25, 0.3) is 0 Å². The maximum atomic E-state index is 11.7. The third kappa shape index (κ3) is 3.21. The lowest BCUT2D eigenvalue weighted by molar-refractivity contribution is -0.123. The first-order valence-corrected chi connectivity index (χ1v) is 6.38. The number of aryl methyl sites for hydroxylation is 1. The molecule has 1 amide bonds. The van der Waals surface area contributed by atoms with Gasteiger partial charge in [0.1, 0.15) is 11.9 Å². The molecule has 3 N–H and O–H groups in total. The average Bonchev–Trinajstić information content (AvgIpc) is 2.41. The van der Waals surface area contributed by atoms with Gasteiger partial charge < -0.3 is 15.7 Å². The second-order valence-corrected chi connectivity index (χ2v) is 4.52. The zero-order valence-corrected chi connectivity index (χ0v) is 10.8. The van der Waals surface area contributed by atoms with Gasteiger partial charge in [-0.2, -0.15) is 0 Å². The summed E-state index contributed by atoms with van der Waals surface area (Å²) in [6.45, 7) is 2.60. The summed E-state index contributed by atoms with van der Waals surface area (Å²) in [5.74, 6) is -0.612. The molecule has 0 aromatic carbocycles. The summed E-state index contributed by atoms with van der Waals surface area (Å²) < 4.78 is 0. The third-order valence-corrected chi connectivity index (χ3v) is 3.09. The molecule has 2 rings (SSSR count). The molecule has 1 aromatic rings. The number of piperidine rings is 1. The van der Waals surface area contributed by atoms with Crippen molar-refractivity contribution in [2.45, 2.75) is 32.2 Å². The third-order valence-electron chi connectivity index (χ3n) is 3.09. The smallest absolute Gasteiger partial charge is 0.335 e. The van der Waals surface area contributed by atoms with Gasteiger partial charge in [0.2, 0.25) is 5.91 Å². The fourth-order valence-corrected chi connectivity index (χ4v) is 2.05. The van der Waals surface area contributed by atoms with Gasteiger partial charge in [-0.15, -0.1) is 0 Å². The molecule has 2 heterocycles. The Morgan fingerprint density at radius 1 is 1.58 bits per heavy atom. The van der Waals surface area contributed by atoms with Crippen LogP contribution in [0.25, 0.3) is 0 Å². The van der Waals surface area contributed by atoms with Crippen LogP contribution in [0, 0.1) is 0 Å². The molecule has 6 nitrogen and oxygen atoms in total. The van der Waals surface area contributed by atoms with E-state index in [1.165, 1.54) is 6.07 Å². The number of amides is 1. The lowest BCUT2D eigenvalue weighted by Crippen LogP contribution is -2.44. The Kier molecular flexibility index (Phi) is 3.99. The molecular weight excluding hydrogens is 246 g/mol. The quantitative estimate of drug-likeness (QED) is 0.754. The van der Waals surface area contributed by atoms with Crippen molar-refractivity contribution in [3.05, 3.63) is 23.4 Å². The molecule has 1 fully saturated rings. The van der Waals surface area contributed by atoms with E-state index in [-0.39, 0.29) is 17.5 Å². The highest BCUT2D eigenvalue weighted by atomic mass is 16.4. The lowest BCUT2D eigenvalue weighted by Gasteiger charge is -2.23. The highest BCUT2D eigenvalue weighted by Gasteiger charge is 2.22. The number of carboxylic acids is 1. The number of aromatic carboxylic acids is 1. The summed E-state index contributed by atoms with van der Waals surface area (Å²) in [6, 6.07) is 2.67. The van der Waals surface area contributed by atoms with Gasteiger partial charge in [-0.1, -0.05) is 6.92 Å². The van der Waals surface area contributed by atoms with Gasteiger partial charge >= 0.3 is 5.97 Å². The first kappa shape index (κ1) is 13.3. The Morgan fingerprint density at radius 3 is 3.00 bits per heavy atom. The molecule has 1 aliphatic heterocycles. The Morgan fingerprint density at radius 2 is 2.37 bits per heavy atom. The number of carbonyl (C=O) groups is 2. The van der Waals surface area contributed by atoms with Crippen molar-refractivity contribution in [2.75, 3.05) is 11.9 Å². The number of nitrogens with zero attached hydrogens (tertiary/aromatic N) is 1. The van der Waals surface area contributed by atoms with Gasteiger partial charge in [0, 0.05) is 12.2 Å². The molecule has 1 unspecified atom stereocenters. The Bertz CT molecular complexity index is 502. The Balaban J connectivity index is 2.21. The van der Waals surface area contributed by atoms with Gasteiger partial charge in [-0.3, -0.25) is 4.79 Å². The molecule has 19 heavy (non-hydrogen) atoms. The molecule has 1 atom stereocenters. The molecule has 0 radical (unpaired) electrons. The van der Waals surface area contributed by atoms with E-state index >= 15 is 0 Å². The van der Waals surface area contributed by atoms with Gasteiger partial charge in [0.05, 0.1) is 5.56 Å². The number of carboxylic acid groups (broad SMARTS) is 1. The molecule has 0 spiro atoms. The van der Waals surface area contributed by atoms with Crippen LogP contribution in [0.15, 0.2) is 12.1 Å². The zero-order chi connectivity index (χ0) is 13.8. The van der Waals surface area contributed by atoms with Crippen molar-refractivity contribution >= 4 is 17.7 Å². The van der Waals surface area contributed by atoms with Crippen LogP contribution in [0.5, 0.6) is 0 Å². The van der Waals surface area contributed by atoms with Crippen LogP contribution >= 0.6 is 0 Å². The van der Waals surface area contributed by atoms with E-state index < -0.39 is 5.97 Å². The number of aromatic nitrogens is 1. The Hall–Kier alpha value is -2.11. The number of pyridine rings is 1. The van der Waals surface area contributed by atoms with Crippen molar-refractivity contribution in [2.24, 2.45) is 0 Å². The number of hydrogen-bond acceptors (Lipinski definition) is 4. The van der Waals surface area contributed by atoms with Crippen LogP contribution in [0.2, 0.25) is 0 Å². The fourth-order valence-electron chi connectivity index (χ4n) is 2.05. The van der Waals surface area contributed by atoms with Crippen molar-refractivity contribution in [1.29, 1.82) is 0 Å².